The van der Waals surface area contributed by atoms with Gasteiger partial charge in [0.05, 0.1) is 5.56 Å². The van der Waals surface area contributed by atoms with Crippen molar-refractivity contribution in [1.29, 1.82) is 0 Å². The molecule has 0 fully saturated rings. The summed E-state index contributed by atoms with van der Waals surface area (Å²) in [6.07, 6.45) is 0.350. The summed E-state index contributed by atoms with van der Waals surface area (Å²) in [6.45, 7) is 1.77. The van der Waals surface area contributed by atoms with E-state index in [-0.39, 0.29) is 11.5 Å². The standard InChI is InChI=1S/C16H14F2NO3P/c1-3-23(20,21-2)11-5-7-14-15(9-11)22-16(19-14)12-6-4-10(17)8-13(12)18/h4-9H,3H2,1-2H3. The first-order valence-corrected chi connectivity index (χ1v) is 8.79. The zero-order valence-electron chi connectivity index (χ0n) is 12.5. The zero-order chi connectivity index (χ0) is 16.6. The van der Waals surface area contributed by atoms with E-state index in [4.69, 9.17) is 8.94 Å². The van der Waals surface area contributed by atoms with Crippen LogP contribution < -0.4 is 5.30 Å². The normalized spacial score (nSPS) is 14.1. The Morgan fingerprint density at radius 1 is 1.22 bits per heavy atom. The minimum Gasteiger partial charge on any atom is -0.436 e. The Morgan fingerprint density at radius 2 is 2.00 bits per heavy atom. The van der Waals surface area contributed by atoms with Gasteiger partial charge in [-0.3, -0.25) is 4.57 Å². The molecule has 2 aromatic carbocycles. The van der Waals surface area contributed by atoms with E-state index in [1.165, 1.54) is 13.2 Å². The Morgan fingerprint density at radius 3 is 2.65 bits per heavy atom. The summed E-state index contributed by atoms with van der Waals surface area (Å²) in [7, 11) is -1.53. The first-order valence-electron chi connectivity index (χ1n) is 6.98. The lowest BCUT2D eigenvalue weighted by Gasteiger charge is -2.13. The maximum Gasteiger partial charge on any atom is 0.231 e. The molecule has 7 heteroatoms. The number of oxazole rings is 1. The van der Waals surface area contributed by atoms with Gasteiger partial charge in [-0.15, -0.1) is 0 Å². The third kappa shape index (κ3) is 2.80. The summed E-state index contributed by atoms with van der Waals surface area (Å²) >= 11 is 0. The van der Waals surface area contributed by atoms with Crippen molar-refractivity contribution in [1.82, 2.24) is 4.98 Å². The second kappa shape index (κ2) is 5.87. The number of rotatable bonds is 4. The molecule has 0 spiro atoms. The molecule has 0 N–H and O–H groups in total. The Labute approximate surface area is 131 Å². The van der Waals surface area contributed by atoms with Crippen LogP contribution >= 0.6 is 7.37 Å². The average molecular weight is 337 g/mol. The third-order valence-electron chi connectivity index (χ3n) is 3.64. The van der Waals surface area contributed by atoms with E-state index in [0.717, 1.165) is 12.1 Å². The number of benzene rings is 2. The van der Waals surface area contributed by atoms with Crippen molar-refractivity contribution in [2.75, 3.05) is 13.3 Å². The Balaban J connectivity index is 2.11. The fourth-order valence-corrected chi connectivity index (χ4v) is 3.77. The molecule has 0 aliphatic heterocycles. The first kappa shape index (κ1) is 15.8. The van der Waals surface area contributed by atoms with Crippen molar-refractivity contribution in [2.45, 2.75) is 6.92 Å². The molecule has 3 rings (SSSR count). The van der Waals surface area contributed by atoms with E-state index >= 15 is 0 Å². The zero-order valence-corrected chi connectivity index (χ0v) is 13.4. The highest BCUT2D eigenvalue weighted by molar-refractivity contribution is 7.66. The first-order chi connectivity index (χ1) is 11.0. The van der Waals surface area contributed by atoms with Gasteiger partial charge in [0, 0.05) is 24.6 Å². The van der Waals surface area contributed by atoms with Crippen LogP contribution in [0.5, 0.6) is 0 Å². The second-order valence-electron chi connectivity index (χ2n) is 4.97. The molecule has 1 heterocycles. The van der Waals surface area contributed by atoms with Crippen LogP contribution in [-0.2, 0) is 9.09 Å². The van der Waals surface area contributed by atoms with Crippen LogP contribution in [0.4, 0.5) is 8.78 Å². The van der Waals surface area contributed by atoms with Crippen LogP contribution in [0.25, 0.3) is 22.6 Å². The van der Waals surface area contributed by atoms with Gasteiger partial charge < -0.3 is 8.94 Å². The second-order valence-corrected chi connectivity index (χ2v) is 7.83. The van der Waals surface area contributed by atoms with Crippen LogP contribution in [0.3, 0.4) is 0 Å². The Kier molecular flexibility index (Phi) is 4.04. The molecular formula is C16H14F2NO3P. The molecule has 4 nitrogen and oxygen atoms in total. The van der Waals surface area contributed by atoms with Crippen LogP contribution in [0.15, 0.2) is 40.8 Å². The molecule has 1 unspecified atom stereocenters. The number of aromatic nitrogens is 1. The molecule has 1 atom stereocenters. The third-order valence-corrected chi connectivity index (χ3v) is 6.13. The minimum atomic E-state index is -2.93. The number of hydrogen-bond donors (Lipinski definition) is 0. The monoisotopic (exact) mass is 337 g/mol. The predicted octanol–water partition coefficient (Wildman–Crippen LogP) is 4.34. The molecule has 3 aromatic rings. The van der Waals surface area contributed by atoms with Crippen LogP contribution in [0, 0.1) is 11.6 Å². The van der Waals surface area contributed by atoms with Crippen molar-refractivity contribution in [2.24, 2.45) is 0 Å². The van der Waals surface area contributed by atoms with Gasteiger partial charge >= 0.3 is 0 Å². The number of nitrogens with zero attached hydrogens (tertiary/aromatic N) is 1. The summed E-state index contributed by atoms with van der Waals surface area (Å²) in [5.41, 5.74) is 0.924. The average Bonchev–Trinajstić information content (AvgIpc) is 2.96. The lowest BCUT2D eigenvalue weighted by molar-refractivity contribution is 0.404. The summed E-state index contributed by atoms with van der Waals surface area (Å²) in [5.74, 6) is -1.39. The lowest BCUT2D eigenvalue weighted by atomic mass is 10.2. The lowest BCUT2D eigenvalue weighted by Crippen LogP contribution is -2.07. The maximum atomic E-state index is 13.8. The van der Waals surface area contributed by atoms with Gasteiger partial charge in [0.1, 0.15) is 17.2 Å². The summed E-state index contributed by atoms with van der Waals surface area (Å²) < 4.78 is 50.1. The van der Waals surface area contributed by atoms with Crippen LogP contribution in [0.1, 0.15) is 6.92 Å². The van der Waals surface area contributed by atoms with E-state index in [1.54, 1.807) is 25.1 Å². The van der Waals surface area contributed by atoms with E-state index in [0.29, 0.717) is 22.6 Å². The predicted molar refractivity (Wildman–Crippen MR) is 84.2 cm³/mol. The fourth-order valence-electron chi connectivity index (χ4n) is 2.32. The largest absolute Gasteiger partial charge is 0.436 e. The Bertz CT molecular complexity index is 915. The molecule has 0 aliphatic rings. The Hall–Kier alpha value is -2.04. The molecule has 0 saturated heterocycles. The van der Waals surface area contributed by atoms with Gasteiger partial charge in [-0.05, 0) is 30.3 Å². The van der Waals surface area contributed by atoms with E-state index < -0.39 is 19.0 Å². The number of hydrogen-bond acceptors (Lipinski definition) is 4. The van der Waals surface area contributed by atoms with Gasteiger partial charge in [0.15, 0.2) is 5.58 Å². The van der Waals surface area contributed by atoms with Crippen LogP contribution in [0.2, 0.25) is 0 Å². The number of halogens is 2. The smallest absolute Gasteiger partial charge is 0.231 e. The molecular weight excluding hydrogens is 323 g/mol. The SMILES string of the molecule is CCP(=O)(OC)c1ccc2nc(-c3ccc(F)cc3F)oc2c1. The molecule has 0 saturated carbocycles. The summed E-state index contributed by atoms with van der Waals surface area (Å²) in [6, 6.07) is 8.05. The van der Waals surface area contributed by atoms with Crippen LogP contribution in [-0.4, -0.2) is 18.3 Å². The van der Waals surface area contributed by atoms with E-state index in [1.807, 2.05) is 0 Å². The van der Waals surface area contributed by atoms with Gasteiger partial charge in [-0.2, -0.15) is 0 Å². The van der Waals surface area contributed by atoms with Crippen molar-refractivity contribution in [3.63, 3.8) is 0 Å². The van der Waals surface area contributed by atoms with Gasteiger partial charge in [-0.1, -0.05) is 6.92 Å². The number of fused-ring (bicyclic) bond motifs is 1. The highest BCUT2D eigenvalue weighted by atomic mass is 31.2. The molecule has 120 valence electrons. The van der Waals surface area contributed by atoms with Gasteiger partial charge in [0.2, 0.25) is 13.3 Å². The molecule has 0 amide bonds. The molecule has 0 aliphatic carbocycles. The highest BCUT2D eigenvalue weighted by Crippen LogP contribution is 2.44. The quantitative estimate of drug-likeness (QED) is 0.665. The molecule has 0 bridgehead atoms. The molecule has 0 radical (unpaired) electrons. The van der Waals surface area contributed by atoms with Crippen molar-refractivity contribution in [3.05, 3.63) is 48.0 Å². The highest BCUT2D eigenvalue weighted by Gasteiger charge is 2.23. The van der Waals surface area contributed by atoms with Gasteiger partial charge in [0.25, 0.3) is 0 Å². The van der Waals surface area contributed by atoms with Crippen molar-refractivity contribution < 1.29 is 22.3 Å². The molecule has 23 heavy (non-hydrogen) atoms. The minimum absolute atomic E-state index is 0.0402. The molecule has 1 aromatic heterocycles. The van der Waals surface area contributed by atoms with Gasteiger partial charge in [-0.25, -0.2) is 13.8 Å². The summed E-state index contributed by atoms with van der Waals surface area (Å²) in [4.78, 5) is 4.19. The summed E-state index contributed by atoms with van der Waals surface area (Å²) in [5, 5.41) is 0.511. The van der Waals surface area contributed by atoms with E-state index in [2.05, 4.69) is 4.98 Å². The van der Waals surface area contributed by atoms with E-state index in [9.17, 15) is 13.3 Å². The topological polar surface area (TPSA) is 52.3 Å². The fraction of sp³-hybridized carbons (Fsp3) is 0.188. The maximum absolute atomic E-state index is 13.8. The van der Waals surface area contributed by atoms with Crippen molar-refractivity contribution in [3.8, 4) is 11.5 Å². The van der Waals surface area contributed by atoms with Crippen molar-refractivity contribution >= 4 is 23.8 Å².